The van der Waals surface area contributed by atoms with Crippen LogP contribution in [0.15, 0.2) is 17.1 Å². The van der Waals surface area contributed by atoms with E-state index in [1.165, 1.54) is 0 Å². The Hall–Kier alpha value is -1.37. The van der Waals surface area contributed by atoms with Crippen LogP contribution >= 0.6 is 12.4 Å². The molecule has 0 saturated carbocycles. The molecule has 0 aromatic carbocycles. The number of carbonyl (C=O) groups excluding carboxylic acids is 1. The summed E-state index contributed by atoms with van der Waals surface area (Å²) in [6, 6.07) is 1.83. The Morgan fingerprint density at radius 1 is 1.39 bits per heavy atom. The van der Waals surface area contributed by atoms with Crippen molar-refractivity contribution in [2.45, 2.75) is 71.1 Å². The Morgan fingerprint density at radius 3 is 2.79 bits per heavy atom. The summed E-state index contributed by atoms with van der Waals surface area (Å²) in [5.41, 5.74) is 0.521. The largest absolute Gasteiger partial charge is 0.373 e. The maximum Gasteiger partial charge on any atom is 0.263 e. The van der Waals surface area contributed by atoms with Crippen molar-refractivity contribution >= 4 is 18.3 Å². The summed E-state index contributed by atoms with van der Waals surface area (Å²) in [7, 11) is 0. The second-order valence-electron chi connectivity index (χ2n) is 8.39. The van der Waals surface area contributed by atoms with Crippen molar-refractivity contribution < 1.29 is 9.53 Å². The Bertz CT molecular complexity index is 718. The van der Waals surface area contributed by atoms with Gasteiger partial charge in [0, 0.05) is 19.3 Å². The van der Waals surface area contributed by atoms with Gasteiger partial charge in [-0.2, -0.15) is 0 Å². The van der Waals surface area contributed by atoms with E-state index in [2.05, 4.69) is 24.5 Å². The predicted molar refractivity (Wildman–Crippen MR) is 113 cm³/mol. The van der Waals surface area contributed by atoms with Crippen molar-refractivity contribution in [1.82, 2.24) is 15.2 Å². The van der Waals surface area contributed by atoms with Gasteiger partial charge in [-0.15, -0.1) is 12.4 Å². The molecule has 158 valence electrons. The van der Waals surface area contributed by atoms with Gasteiger partial charge in [-0.05, 0) is 69.7 Å². The number of hydrogen-bond acceptors (Lipinski definition) is 4. The Morgan fingerprint density at radius 2 is 2.11 bits per heavy atom. The first-order valence-electron chi connectivity index (χ1n) is 10.3. The van der Waals surface area contributed by atoms with Gasteiger partial charge in [0.15, 0.2) is 0 Å². The van der Waals surface area contributed by atoms with Crippen LogP contribution in [-0.4, -0.2) is 41.8 Å². The summed E-state index contributed by atoms with van der Waals surface area (Å²) in [5, 5.41) is 6.53. The van der Waals surface area contributed by atoms with E-state index in [1.807, 2.05) is 13.0 Å². The highest BCUT2D eigenvalue weighted by Crippen LogP contribution is 2.33. The smallest absolute Gasteiger partial charge is 0.263 e. The highest BCUT2D eigenvalue weighted by Gasteiger charge is 2.43. The number of carbonyl (C=O) groups is 1. The number of pyridine rings is 1. The van der Waals surface area contributed by atoms with Crippen LogP contribution in [-0.2, 0) is 11.3 Å². The molecule has 1 aromatic heterocycles. The fraction of sp³-hybridized carbons (Fsp3) is 0.714. The monoisotopic (exact) mass is 411 g/mol. The molecule has 28 heavy (non-hydrogen) atoms. The van der Waals surface area contributed by atoms with Crippen LogP contribution in [0.2, 0.25) is 0 Å². The molecule has 2 aliphatic heterocycles. The summed E-state index contributed by atoms with van der Waals surface area (Å²) in [5.74, 6) is 0.249. The standard InChI is InChI=1S/C21H33N3O3.ClH/c1-15(2)6-12-24-13-7-16(3)18(20(24)26)19(25)23-17-5-4-14-27-21(17)8-10-22-11-9-21;/h7,13,15,17,22H,4-6,8-12,14H2,1-3H3,(H,23,25);1H. The zero-order valence-electron chi connectivity index (χ0n) is 17.3. The summed E-state index contributed by atoms with van der Waals surface area (Å²) in [6.07, 6.45) is 6.34. The van der Waals surface area contributed by atoms with Crippen LogP contribution in [0, 0.1) is 12.8 Å². The van der Waals surface area contributed by atoms with E-state index < -0.39 is 0 Å². The number of aryl methyl sites for hydroxylation is 2. The van der Waals surface area contributed by atoms with Gasteiger partial charge in [-0.3, -0.25) is 9.59 Å². The van der Waals surface area contributed by atoms with Crippen LogP contribution < -0.4 is 16.2 Å². The van der Waals surface area contributed by atoms with Gasteiger partial charge in [0.05, 0.1) is 11.6 Å². The van der Waals surface area contributed by atoms with E-state index in [4.69, 9.17) is 4.74 Å². The van der Waals surface area contributed by atoms with Gasteiger partial charge < -0.3 is 19.9 Å². The zero-order valence-corrected chi connectivity index (χ0v) is 18.1. The molecule has 2 aliphatic rings. The van der Waals surface area contributed by atoms with E-state index in [1.54, 1.807) is 10.8 Å². The summed E-state index contributed by atoms with van der Waals surface area (Å²) >= 11 is 0. The molecule has 0 radical (unpaired) electrons. The second kappa shape index (κ2) is 9.90. The Kier molecular flexibility index (Phi) is 8.10. The molecule has 1 unspecified atom stereocenters. The molecular weight excluding hydrogens is 378 g/mol. The van der Waals surface area contributed by atoms with E-state index in [0.717, 1.165) is 57.4 Å². The topological polar surface area (TPSA) is 72.4 Å². The predicted octanol–water partition coefficient (Wildman–Crippen LogP) is 2.66. The maximum atomic E-state index is 13.1. The molecule has 1 atom stereocenters. The first-order valence-corrected chi connectivity index (χ1v) is 10.3. The van der Waals surface area contributed by atoms with E-state index in [0.29, 0.717) is 12.5 Å². The van der Waals surface area contributed by atoms with Crippen molar-refractivity contribution in [2.24, 2.45) is 5.92 Å². The number of piperidine rings is 1. The number of aromatic nitrogens is 1. The van der Waals surface area contributed by atoms with Gasteiger partial charge in [0.1, 0.15) is 5.56 Å². The van der Waals surface area contributed by atoms with Gasteiger partial charge in [-0.25, -0.2) is 0 Å². The molecule has 1 amide bonds. The lowest BCUT2D eigenvalue weighted by Gasteiger charge is -2.46. The van der Waals surface area contributed by atoms with Crippen LogP contribution in [0.25, 0.3) is 0 Å². The Labute approximate surface area is 173 Å². The molecule has 2 fully saturated rings. The molecule has 3 rings (SSSR count). The van der Waals surface area contributed by atoms with Crippen molar-refractivity contribution in [1.29, 1.82) is 0 Å². The van der Waals surface area contributed by atoms with Gasteiger partial charge >= 0.3 is 0 Å². The molecule has 3 heterocycles. The number of halogens is 1. The third-order valence-electron chi connectivity index (χ3n) is 5.96. The molecular formula is C21H34ClN3O3. The van der Waals surface area contributed by atoms with E-state index in [-0.39, 0.29) is 41.1 Å². The zero-order chi connectivity index (χ0) is 19.4. The lowest BCUT2D eigenvalue weighted by atomic mass is 9.80. The molecule has 1 aromatic rings. The number of ether oxygens (including phenoxy) is 1. The summed E-state index contributed by atoms with van der Waals surface area (Å²) in [6.45, 7) is 9.29. The average molecular weight is 412 g/mol. The van der Waals surface area contributed by atoms with Crippen LogP contribution in [0.5, 0.6) is 0 Å². The van der Waals surface area contributed by atoms with Crippen molar-refractivity contribution in [3.05, 3.63) is 33.7 Å². The summed E-state index contributed by atoms with van der Waals surface area (Å²) in [4.78, 5) is 26.0. The van der Waals surface area contributed by atoms with Gasteiger partial charge in [0.2, 0.25) is 0 Å². The third-order valence-corrected chi connectivity index (χ3v) is 5.96. The average Bonchev–Trinajstić information content (AvgIpc) is 2.64. The maximum absolute atomic E-state index is 13.1. The number of hydrogen-bond donors (Lipinski definition) is 2. The molecule has 1 spiro atoms. The minimum Gasteiger partial charge on any atom is -0.373 e. The first-order chi connectivity index (χ1) is 12.9. The number of amides is 1. The molecule has 6 nitrogen and oxygen atoms in total. The second-order valence-corrected chi connectivity index (χ2v) is 8.39. The van der Waals surface area contributed by atoms with Gasteiger partial charge in [0.25, 0.3) is 11.5 Å². The lowest BCUT2D eigenvalue weighted by Crippen LogP contribution is -2.60. The SMILES string of the molecule is Cc1ccn(CCC(C)C)c(=O)c1C(=O)NC1CCCOC12CCNCC2.Cl. The summed E-state index contributed by atoms with van der Waals surface area (Å²) < 4.78 is 7.83. The lowest BCUT2D eigenvalue weighted by molar-refractivity contribution is -0.114. The number of nitrogens with one attached hydrogen (secondary N) is 2. The quantitative estimate of drug-likeness (QED) is 0.781. The minimum atomic E-state index is -0.293. The van der Waals surface area contributed by atoms with Crippen molar-refractivity contribution in [2.75, 3.05) is 19.7 Å². The van der Waals surface area contributed by atoms with Crippen LogP contribution in [0.4, 0.5) is 0 Å². The molecule has 2 N–H and O–H groups in total. The van der Waals surface area contributed by atoms with Crippen molar-refractivity contribution in [3.63, 3.8) is 0 Å². The van der Waals surface area contributed by atoms with Crippen LogP contribution in [0.1, 0.15) is 61.9 Å². The molecule has 0 aliphatic carbocycles. The molecule has 0 bridgehead atoms. The normalized spacial score (nSPS) is 21.4. The first kappa shape index (κ1) is 22.9. The van der Waals surface area contributed by atoms with E-state index >= 15 is 0 Å². The highest BCUT2D eigenvalue weighted by atomic mass is 35.5. The highest BCUT2D eigenvalue weighted by molar-refractivity contribution is 5.95. The number of rotatable bonds is 5. The minimum absolute atomic E-state index is 0. The number of nitrogens with zero attached hydrogens (tertiary/aromatic N) is 1. The fourth-order valence-corrected chi connectivity index (χ4v) is 4.22. The Balaban J connectivity index is 0.00000280. The fourth-order valence-electron chi connectivity index (χ4n) is 4.22. The third kappa shape index (κ3) is 4.97. The molecule has 2 saturated heterocycles. The van der Waals surface area contributed by atoms with E-state index in [9.17, 15) is 9.59 Å². The van der Waals surface area contributed by atoms with Gasteiger partial charge in [-0.1, -0.05) is 13.8 Å². The molecule has 7 heteroatoms. The van der Waals surface area contributed by atoms with Crippen LogP contribution in [0.3, 0.4) is 0 Å². The van der Waals surface area contributed by atoms with Crippen molar-refractivity contribution in [3.8, 4) is 0 Å².